The van der Waals surface area contributed by atoms with E-state index in [4.69, 9.17) is 0 Å². The molecular formula is C19H23FN4O. The molecule has 0 saturated carbocycles. The predicted octanol–water partition coefficient (Wildman–Crippen LogP) is 3.14. The lowest BCUT2D eigenvalue weighted by atomic mass is 9.95. The fourth-order valence-electron chi connectivity index (χ4n) is 3.26. The van der Waals surface area contributed by atoms with Crippen LogP contribution >= 0.6 is 0 Å². The van der Waals surface area contributed by atoms with Crippen molar-refractivity contribution in [2.75, 3.05) is 25.5 Å². The van der Waals surface area contributed by atoms with Crippen LogP contribution in [0.1, 0.15) is 35.3 Å². The molecule has 1 atom stereocenters. The number of halogens is 1. The molecule has 1 aromatic heterocycles. The third-order valence-corrected chi connectivity index (χ3v) is 4.67. The van der Waals surface area contributed by atoms with Gasteiger partial charge in [-0.25, -0.2) is 9.37 Å². The Hall–Kier alpha value is -2.50. The quantitative estimate of drug-likeness (QED) is 0.927. The Labute approximate surface area is 147 Å². The molecule has 0 aliphatic carbocycles. The van der Waals surface area contributed by atoms with E-state index in [1.54, 1.807) is 18.3 Å². The first-order valence-electron chi connectivity index (χ1n) is 8.69. The van der Waals surface area contributed by atoms with Crippen molar-refractivity contribution in [3.63, 3.8) is 0 Å². The standard InChI is InChI=1S/C19H23FN4O/c1-21-18-13-22-17(12-23-18)10-14-4-3-8-24(9-7-14)19(25)15-5-2-6-16(20)11-15/h2,5-6,11-14H,3-4,7-10H2,1H3,(H,21,23)/t14-/m0/s1. The SMILES string of the molecule is CNc1cnc(C[C@H]2CCCN(C(=O)c3cccc(F)c3)CC2)cn1. The van der Waals surface area contributed by atoms with E-state index in [2.05, 4.69) is 15.3 Å². The van der Waals surface area contributed by atoms with E-state index in [9.17, 15) is 9.18 Å². The van der Waals surface area contributed by atoms with Crippen LogP contribution in [0.25, 0.3) is 0 Å². The lowest BCUT2D eigenvalue weighted by molar-refractivity contribution is 0.0759. The Bertz CT molecular complexity index is 720. The first-order chi connectivity index (χ1) is 12.2. The third-order valence-electron chi connectivity index (χ3n) is 4.67. The molecule has 1 amide bonds. The van der Waals surface area contributed by atoms with E-state index < -0.39 is 0 Å². The zero-order valence-electron chi connectivity index (χ0n) is 14.4. The molecule has 0 radical (unpaired) electrons. The monoisotopic (exact) mass is 342 g/mol. The molecule has 5 nitrogen and oxygen atoms in total. The zero-order valence-corrected chi connectivity index (χ0v) is 14.4. The highest BCUT2D eigenvalue weighted by atomic mass is 19.1. The molecule has 1 aliphatic heterocycles. The van der Waals surface area contributed by atoms with Gasteiger partial charge in [0.1, 0.15) is 11.6 Å². The fourth-order valence-corrected chi connectivity index (χ4v) is 3.26. The summed E-state index contributed by atoms with van der Waals surface area (Å²) in [5.74, 6) is 0.789. The molecular weight excluding hydrogens is 319 g/mol. The van der Waals surface area contributed by atoms with Gasteiger partial charge in [-0.05, 0) is 49.8 Å². The van der Waals surface area contributed by atoms with E-state index in [1.165, 1.54) is 12.1 Å². The maximum atomic E-state index is 13.3. The summed E-state index contributed by atoms with van der Waals surface area (Å²) < 4.78 is 13.3. The van der Waals surface area contributed by atoms with Gasteiger partial charge in [0.05, 0.1) is 18.1 Å². The molecule has 2 aromatic rings. The van der Waals surface area contributed by atoms with Gasteiger partial charge in [-0.1, -0.05) is 6.07 Å². The highest BCUT2D eigenvalue weighted by Gasteiger charge is 2.22. The molecule has 6 heteroatoms. The van der Waals surface area contributed by atoms with E-state index in [-0.39, 0.29) is 11.7 Å². The van der Waals surface area contributed by atoms with Gasteiger partial charge in [-0.15, -0.1) is 0 Å². The van der Waals surface area contributed by atoms with Crippen molar-refractivity contribution in [3.05, 3.63) is 53.7 Å². The van der Waals surface area contributed by atoms with Gasteiger partial charge in [0.25, 0.3) is 5.91 Å². The molecule has 1 N–H and O–H groups in total. The number of nitrogens with one attached hydrogen (secondary N) is 1. The number of hydrogen-bond acceptors (Lipinski definition) is 4. The van der Waals surface area contributed by atoms with E-state index in [1.807, 2.05) is 18.1 Å². The van der Waals surface area contributed by atoms with E-state index >= 15 is 0 Å². The lowest BCUT2D eigenvalue weighted by Crippen LogP contribution is -2.32. The summed E-state index contributed by atoms with van der Waals surface area (Å²) in [6, 6.07) is 5.92. The number of hydrogen-bond donors (Lipinski definition) is 1. The lowest BCUT2D eigenvalue weighted by Gasteiger charge is -2.20. The Morgan fingerprint density at radius 2 is 2.16 bits per heavy atom. The highest BCUT2D eigenvalue weighted by Crippen LogP contribution is 2.22. The van der Waals surface area contributed by atoms with Gasteiger partial charge >= 0.3 is 0 Å². The van der Waals surface area contributed by atoms with Crippen molar-refractivity contribution >= 4 is 11.7 Å². The van der Waals surface area contributed by atoms with Crippen molar-refractivity contribution in [1.82, 2.24) is 14.9 Å². The Kier molecular flexibility index (Phi) is 5.58. The van der Waals surface area contributed by atoms with Crippen molar-refractivity contribution in [1.29, 1.82) is 0 Å². The normalized spacial score (nSPS) is 17.8. The van der Waals surface area contributed by atoms with Gasteiger partial charge in [0.2, 0.25) is 0 Å². The number of anilines is 1. The summed E-state index contributed by atoms with van der Waals surface area (Å²) >= 11 is 0. The highest BCUT2D eigenvalue weighted by molar-refractivity contribution is 5.94. The van der Waals surface area contributed by atoms with Crippen molar-refractivity contribution in [2.45, 2.75) is 25.7 Å². The molecule has 2 heterocycles. The minimum absolute atomic E-state index is 0.0849. The van der Waals surface area contributed by atoms with Crippen LogP contribution in [0, 0.1) is 11.7 Å². The summed E-state index contributed by atoms with van der Waals surface area (Å²) in [6.45, 7) is 1.41. The van der Waals surface area contributed by atoms with Crippen molar-refractivity contribution in [2.24, 2.45) is 5.92 Å². The summed E-state index contributed by atoms with van der Waals surface area (Å²) in [5, 5.41) is 2.96. The molecule has 25 heavy (non-hydrogen) atoms. The zero-order chi connectivity index (χ0) is 17.6. The maximum Gasteiger partial charge on any atom is 0.253 e. The molecule has 1 aliphatic rings. The van der Waals surface area contributed by atoms with Gasteiger partial charge in [0.15, 0.2) is 0 Å². The maximum absolute atomic E-state index is 13.3. The van der Waals surface area contributed by atoms with Crippen LogP contribution in [0.4, 0.5) is 10.2 Å². The van der Waals surface area contributed by atoms with Crippen LogP contribution in [0.3, 0.4) is 0 Å². The Morgan fingerprint density at radius 3 is 2.88 bits per heavy atom. The van der Waals surface area contributed by atoms with E-state index in [0.717, 1.165) is 43.7 Å². The molecule has 1 saturated heterocycles. The van der Waals surface area contributed by atoms with Gasteiger partial charge < -0.3 is 10.2 Å². The van der Waals surface area contributed by atoms with Crippen LogP contribution in [0.2, 0.25) is 0 Å². The van der Waals surface area contributed by atoms with Crippen LogP contribution in [0.5, 0.6) is 0 Å². The number of nitrogens with zero attached hydrogens (tertiary/aromatic N) is 3. The molecule has 0 spiro atoms. The second-order valence-electron chi connectivity index (χ2n) is 6.45. The molecule has 0 unspecified atom stereocenters. The minimum Gasteiger partial charge on any atom is -0.372 e. The Balaban J connectivity index is 1.59. The van der Waals surface area contributed by atoms with Gasteiger partial charge in [-0.3, -0.25) is 9.78 Å². The van der Waals surface area contributed by atoms with E-state index in [0.29, 0.717) is 18.0 Å². The van der Waals surface area contributed by atoms with Crippen LogP contribution < -0.4 is 5.32 Å². The van der Waals surface area contributed by atoms with Crippen molar-refractivity contribution in [3.8, 4) is 0 Å². The largest absolute Gasteiger partial charge is 0.372 e. The van der Waals surface area contributed by atoms with Gasteiger partial charge in [-0.2, -0.15) is 0 Å². The molecule has 3 rings (SSSR count). The number of benzene rings is 1. The molecule has 1 aromatic carbocycles. The number of likely N-dealkylation sites (tertiary alicyclic amines) is 1. The first kappa shape index (κ1) is 17.3. The molecule has 1 fully saturated rings. The van der Waals surface area contributed by atoms with Crippen LogP contribution in [-0.4, -0.2) is 40.9 Å². The number of amides is 1. The summed E-state index contributed by atoms with van der Waals surface area (Å²) in [7, 11) is 1.82. The number of rotatable bonds is 4. The fraction of sp³-hybridized carbons (Fsp3) is 0.421. The second kappa shape index (κ2) is 8.05. The van der Waals surface area contributed by atoms with Crippen LogP contribution in [0.15, 0.2) is 36.7 Å². The topological polar surface area (TPSA) is 58.1 Å². The van der Waals surface area contributed by atoms with Gasteiger partial charge in [0, 0.05) is 25.7 Å². The number of carbonyl (C=O) groups excluding carboxylic acids is 1. The minimum atomic E-state index is -0.373. The molecule has 132 valence electrons. The second-order valence-corrected chi connectivity index (χ2v) is 6.45. The average Bonchev–Trinajstić information content (AvgIpc) is 2.87. The third kappa shape index (κ3) is 4.53. The molecule has 0 bridgehead atoms. The Morgan fingerprint density at radius 1 is 1.28 bits per heavy atom. The average molecular weight is 342 g/mol. The first-order valence-corrected chi connectivity index (χ1v) is 8.69. The summed E-state index contributed by atoms with van der Waals surface area (Å²) in [4.78, 5) is 23.2. The van der Waals surface area contributed by atoms with Crippen LogP contribution in [-0.2, 0) is 6.42 Å². The summed E-state index contributed by atoms with van der Waals surface area (Å²) in [6.07, 6.45) is 7.36. The number of carbonyl (C=O) groups is 1. The number of aromatic nitrogens is 2. The smallest absolute Gasteiger partial charge is 0.253 e. The summed E-state index contributed by atoms with van der Waals surface area (Å²) in [5.41, 5.74) is 1.40. The van der Waals surface area contributed by atoms with Crippen molar-refractivity contribution < 1.29 is 9.18 Å². The predicted molar refractivity (Wildman–Crippen MR) is 94.9 cm³/mol.